The smallest absolute Gasteiger partial charge is 0.338 e. The Morgan fingerprint density at radius 2 is 2.06 bits per heavy atom. The van der Waals surface area contributed by atoms with Crippen molar-refractivity contribution >= 4 is 16.7 Å². The van der Waals surface area contributed by atoms with Crippen LogP contribution in [-0.4, -0.2) is 25.8 Å². The summed E-state index contributed by atoms with van der Waals surface area (Å²) in [4.78, 5) is 15.1. The summed E-state index contributed by atoms with van der Waals surface area (Å²) in [6, 6.07) is 9.66. The molecule has 0 saturated heterocycles. The number of hydrogen-bond acceptors (Lipinski definition) is 3. The summed E-state index contributed by atoms with van der Waals surface area (Å²) in [5, 5.41) is 14.9. The van der Waals surface area contributed by atoms with Crippen molar-refractivity contribution in [1.82, 2.24) is 14.8 Å². The number of fused-ring (bicyclic) bond motifs is 1. The molecule has 1 N–H and O–H groups in total. The molecule has 2 heterocycles. The number of carbonyl (C=O) groups is 1. The van der Waals surface area contributed by atoms with E-state index in [0.29, 0.717) is 5.82 Å². The first-order valence-electron chi connectivity index (χ1n) is 5.38. The average molecular weight is 239 g/mol. The standard InChI is InChI=1S/C13H9N3O2/c17-13(18)10-7-15-16(8-10)12-11-4-2-1-3-9(11)5-6-14-12/h1-8H,(H,17,18). The molecule has 0 radical (unpaired) electrons. The van der Waals surface area contributed by atoms with Gasteiger partial charge in [-0.2, -0.15) is 5.10 Å². The van der Waals surface area contributed by atoms with Crippen LogP contribution in [0.1, 0.15) is 10.4 Å². The second-order valence-electron chi connectivity index (χ2n) is 3.83. The second-order valence-corrected chi connectivity index (χ2v) is 3.83. The van der Waals surface area contributed by atoms with Crippen molar-refractivity contribution < 1.29 is 9.90 Å². The van der Waals surface area contributed by atoms with Crippen molar-refractivity contribution in [1.29, 1.82) is 0 Å². The Morgan fingerprint density at radius 3 is 2.83 bits per heavy atom. The number of aromatic nitrogens is 3. The number of rotatable bonds is 2. The van der Waals surface area contributed by atoms with E-state index in [4.69, 9.17) is 5.11 Å². The topological polar surface area (TPSA) is 68.0 Å². The molecule has 3 rings (SSSR count). The van der Waals surface area contributed by atoms with Crippen LogP contribution in [0.5, 0.6) is 0 Å². The molecule has 0 unspecified atom stereocenters. The van der Waals surface area contributed by atoms with E-state index in [0.717, 1.165) is 10.8 Å². The highest BCUT2D eigenvalue weighted by Crippen LogP contribution is 2.19. The quantitative estimate of drug-likeness (QED) is 0.743. The first-order valence-corrected chi connectivity index (χ1v) is 5.38. The zero-order valence-electron chi connectivity index (χ0n) is 9.32. The van der Waals surface area contributed by atoms with E-state index in [1.165, 1.54) is 17.1 Å². The summed E-state index contributed by atoms with van der Waals surface area (Å²) in [6.45, 7) is 0. The van der Waals surface area contributed by atoms with E-state index < -0.39 is 5.97 Å². The molecule has 18 heavy (non-hydrogen) atoms. The van der Waals surface area contributed by atoms with Gasteiger partial charge in [-0.25, -0.2) is 14.5 Å². The van der Waals surface area contributed by atoms with Gasteiger partial charge in [0.2, 0.25) is 0 Å². The van der Waals surface area contributed by atoms with Crippen molar-refractivity contribution in [3.63, 3.8) is 0 Å². The van der Waals surface area contributed by atoms with E-state index in [1.54, 1.807) is 6.20 Å². The summed E-state index contributed by atoms with van der Waals surface area (Å²) in [6.07, 6.45) is 4.45. The fraction of sp³-hybridized carbons (Fsp3) is 0. The Kier molecular flexibility index (Phi) is 2.30. The molecule has 0 aliphatic carbocycles. The lowest BCUT2D eigenvalue weighted by Gasteiger charge is -2.04. The van der Waals surface area contributed by atoms with Crippen LogP contribution in [0, 0.1) is 0 Å². The molecule has 0 amide bonds. The number of nitrogens with zero attached hydrogens (tertiary/aromatic N) is 3. The van der Waals surface area contributed by atoms with Gasteiger partial charge in [-0.05, 0) is 11.5 Å². The van der Waals surface area contributed by atoms with Gasteiger partial charge >= 0.3 is 5.97 Å². The first-order chi connectivity index (χ1) is 8.75. The molecule has 5 heteroatoms. The summed E-state index contributed by atoms with van der Waals surface area (Å²) in [5.74, 6) is -0.373. The Hall–Kier alpha value is -2.69. The lowest BCUT2D eigenvalue weighted by Crippen LogP contribution is -1.99. The molecular weight excluding hydrogens is 230 g/mol. The number of carboxylic acids is 1. The van der Waals surface area contributed by atoms with Crippen LogP contribution in [0.4, 0.5) is 0 Å². The Labute approximate surface area is 102 Å². The molecule has 5 nitrogen and oxygen atoms in total. The molecule has 3 aromatic rings. The molecule has 0 spiro atoms. The molecule has 1 aromatic carbocycles. The van der Waals surface area contributed by atoms with Gasteiger partial charge in [-0.1, -0.05) is 24.3 Å². The van der Waals surface area contributed by atoms with E-state index in [-0.39, 0.29) is 5.56 Å². The van der Waals surface area contributed by atoms with Crippen molar-refractivity contribution in [3.8, 4) is 5.82 Å². The van der Waals surface area contributed by atoms with Gasteiger partial charge in [0.1, 0.15) is 0 Å². The molecule has 0 aliphatic heterocycles. The van der Waals surface area contributed by atoms with Gasteiger partial charge in [0.05, 0.1) is 11.8 Å². The van der Waals surface area contributed by atoms with Crippen LogP contribution in [0.25, 0.3) is 16.6 Å². The average Bonchev–Trinajstić information content (AvgIpc) is 2.87. The third-order valence-corrected chi connectivity index (χ3v) is 2.70. The van der Waals surface area contributed by atoms with Crippen LogP contribution in [-0.2, 0) is 0 Å². The minimum Gasteiger partial charge on any atom is -0.478 e. The first kappa shape index (κ1) is 10.5. The summed E-state index contributed by atoms with van der Waals surface area (Å²) >= 11 is 0. The van der Waals surface area contributed by atoms with Crippen LogP contribution in [0.2, 0.25) is 0 Å². The Balaban J connectivity index is 2.21. The van der Waals surface area contributed by atoms with Gasteiger partial charge in [-0.3, -0.25) is 0 Å². The summed E-state index contributed by atoms with van der Waals surface area (Å²) < 4.78 is 1.48. The van der Waals surface area contributed by atoms with E-state index in [2.05, 4.69) is 10.1 Å². The highest BCUT2D eigenvalue weighted by atomic mass is 16.4. The minimum atomic E-state index is -0.999. The lowest BCUT2D eigenvalue weighted by molar-refractivity contribution is 0.0697. The van der Waals surface area contributed by atoms with Crippen LogP contribution in [0.15, 0.2) is 48.9 Å². The largest absolute Gasteiger partial charge is 0.478 e. The van der Waals surface area contributed by atoms with Gasteiger partial charge in [0.25, 0.3) is 0 Å². The van der Waals surface area contributed by atoms with Crippen molar-refractivity contribution in [2.75, 3.05) is 0 Å². The SMILES string of the molecule is O=C(O)c1cnn(-c2nccc3ccccc23)c1. The third kappa shape index (κ3) is 1.62. The van der Waals surface area contributed by atoms with Crippen LogP contribution < -0.4 is 0 Å². The second kappa shape index (κ2) is 3.96. The summed E-state index contributed by atoms with van der Waals surface area (Å²) in [7, 11) is 0. The molecule has 0 fully saturated rings. The van der Waals surface area contributed by atoms with E-state index in [1.807, 2.05) is 30.3 Å². The maximum absolute atomic E-state index is 10.8. The normalized spacial score (nSPS) is 10.7. The predicted molar refractivity (Wildman–Crippen MR) is 65.8 cm³/mol. The van der Waals surface area contributed by atoms with Crippen molar-refractivity contribution in [2.24, 2.45) is 0 Å². The van der Waals surface area contributed by atoms with Gasteiger partial charge in [0, 0.05) is 17.8 Å². The van der Waals surface area contributed by atoms with Crippen LogP contribution in [0.3, 0.4) is 0 Å². The van der Waals surface area contributed by atoms with Crippen LogP contribution >= 0.6 is 0 Å². The summed E-state index contributed by atoms with van der Waals surface area (Å²) in [5.41, 5.74) is 0.143. The molecule has 0 aliphatic rings. The Bertz CT molecular complexity index is 728. The fourth-order valence-electron chi connectivity index (χ4n) is 1.84. The minimum absolute atomic E-state index is 0.143. The Morgan fingerprint density at radius 1 is 1.22 bits per heavy atom. The number of pyridine rings is 1. The van der Waals surface area contributed by atoms with Gasteiger partial charge in [0.15, 0.2) is 5.82 Å². The third-order valence-electron chi connectivity index (χ3n) is 2.70. The zero-order chi connectivity index (χ0) is 12.5. The zero-order valence-corrected chi connectivity index (χ0v) is 9.32. The molecule has 0 bridgehead atoms. The van der Waals surface area contributed by atoms with Gasteiger partial charge < -0.3 is 5.11 Å². The van der Waals surface area contributed by atoms with Crippen molar-refractivity contribution in [3.05, 3.63) is 54.5 Å². The number of aromatic carboxylic acids is 1. The van der Waals surface area contributed by atoms with Gasteiger partial charge in [-0.15, -0.1) is 0 Å². The lowest BCUT2D eigenvalue weighted by atomic mass is 10.1. The van der Waals surface area contributed by atoms with Crippen molar-refractivity contribution in [2.45, 2.75) is 0 Å². The maximum Gasteiger partial charge on any atom is 0.338 e. The molecular formula is C13H9N3O2. The molecule has 2 aromatic heterocycles. The predicted octanol–water partition coefficient (Wildman–Crippen LogP) is 2.12. The number of benzene rings is 1. The number of carboxylic acid groups (broad SMARTS) is 1. The van der Waals surface area contributed by atoms with E-state index >= 15 is 0 Å². The highest BCUT2D eigenvalue weighted by Gasteiger charge is 2.09. The highest BCUT2D eigenvalue weighted by molar-refractivity contribution is 5.89. The number of hydrogen-bond donors (Lipinski definition) is 1. The maximum atomic E-state index is 10.8. The van der Waals surface area contributed by atoms with E-state index in [9.17, 15) is 4.79 Å². The molecule has 88 valence electrons. The molecule has 0 atom stereocenters. The monoisotopic (exact) mass is 239 g/mol. The molecule has 0 saturated carbocycles. The fourth-order valence-corrected chi connectivity index (χ4v) is 1.84.